The number of halogens is 1. The number of hydrogen-bond donors (Lipinski definition) is 2. The molecule has 0 unspecified atom stereocenters. The fourth-order valence-electron chi connectivity index (χ4n) is 1.32. The second-order valence-corrected chi connectivity index (χ2v) is 5.53. The quantitative estimate of drug-likeness (QED) is 0.663. The number of nitrogen functional groups attached to an aromatic ring is 1. The first kappa shape index (κ1) is 12.1. The second-order valence-electron chi connectivity index (χ2n) is 3.38. The van der Waals surface area contributed by atoms with Crippen molar-refractivity contribution in [3.05, 3.63) is 40.7 Å². The lowest BCUT2D eigenvalue weighted by molar-refractivity contribution is 0.621. The van der Waals surface area contributed by atoms with Crippen molar-refractivity contribution >= 4 is 28.9 Å². The summed E-state index contributed by atoms with van der Waals surface area (Å²) in [5.41, 5.74) is 6.46. The summed E-state index contributed by atoms with van der Waals surface area (Å²) >= 11 is 2.81. The van der Waals surface area contributed by atoms with Crippen LogP contribution < -0.4 is 5.73 Å². The van der Waals surface area contributed by atoms with Crippen LogP contribution in [-0.4, -0.2) is 10.8 Å². The van der Waals surface area contributed by atoms with Crippen molar-refractivity contribution in [3.63, 3.8) is 0 Å². The number of aryl methyl sites for hydroxylation is 1. The Morgan fingerprint density at radius 2 is 2.29 bits per heavy atom. The van der Waals surface area contributed by atoms with Crippen molar-refractivity contribution in [3.8, 4) is 0 Å². The van der Waals surface area contributed by atoms with Gasteiger partial charge in [0.15, 0.2) is 4.34 Å². The number of thiazole rings is 1. The van der Waals surface area contributed by atoms with Gasteiger partial charge in [-0.15, -0.1) is 11.3 Å². The summed E-state index contributed by atoms with van der Waals surface area (Å²) in [6.07, 6.45) is 0. The minimum Gasteiger partial charge on any atom is -0.384 e. The standard InChI is InChI=1S/C11H10FN3S2/c1-6-5-16-11(15-6)17-8-4-2-3-7(12)9(8)10(13)14/h2-5H,1H3,(H3,13,14). The molecular formula is C11H10FN3S2. The molecule has 3 N–H and O–H groups in total. The predicted octanol–water partition coefficient (Wildman–Crippen LogP) is 3.03. The number of hydrogen-bond acceptors (Lipinski definition) is 4. The second kappa shape index (κ2) is 4.85. The lowest BCUT2D eigenvalue weighted by Crippen LogP contribution is -2.14. The molecule has 0 aliphatic heterocycles. The van der Waals surface area contributed by atoms with E-state index in [1.54, 1.807) is 12.1 Å². The minimum absolute atomic E-state index is 0.144. The number of rotatable bonds is 3. The minimum atomic E-state index is -0.476. The average molecular weight is 267 g/mol. The Hall–Kier alpha value is -1.40. The first-order chi connectivity index (χ1) is 8.08. The number of amidine groups is 1. The molecule has 2 rings (SSSR count). The Kier molecular flexibility index (Phi) is 3.44. The van der Waals surface area contributed by atoms with Crippen LogP contribution in [0.2, 0.25) is 0 Å². The molecule has 0 aliphatic carbocycles. The SMILES string of the molecule is Cc1csc(Sc2cccc(F)c2C(=N)N)n1. The smallest absolute Gasteiger partial charge is 0.154 e. The summed E-state index contributed by atoms with van der Waals surface area (Å²) in [6, 6.07) is 4.64. The fourth-order valence-corrected chi connectivity index (χ4v) is 3.28. The molecule has 0 spiro atoms. The topological polar surface area (TPSA) is 62.8 Å². The normalized spacial score (nSPS) is 10.5. The maximum atomic E-state index is 13.6. The largest absolute Gasteiger partial charge is 0.384 e. The average Bonchev–Trinajstić information content (AvgIpc) is 2.63. The molecule has 0 radical (unpaired) electrons. The van der Waals surface area contributed by atoms with Crippen molar-refractivity contribution in [2.24, 2.45) is 5.73 Å². The number of nitrogens with two attached hydrogens (primary N) is 1. The molecule has 0 bridgehead atoms. The van der Waals surface area contributed by atoms with Gasteiger partial charge in [0.05, 0.1) is 5.56 Å². The molecule has 1 aromatic heterocycles. The van der Waals surface area contributed by atoms with Gasteiger partial charge in [0.2, 0.25) is 0 Å². The van der Waals surface area contributed by atoms with Gasteiger partial charge in [-0.1, -0.05) is 17.8 Å². The van der Waals surface area contributed by atoms with Crippen LogP contribution in [0.15, 0.2) is 32.8 Å². The molecular weight excluding hydrogens is 257 g/mol. The fraction of sp³-hybridized carbons (Fsp3) is 0.0909. The molecule has 0 saturated carbocycles. The Balaban J connectivity index is 2.39. The van der Waals surface area contributed by atoms with Crippen LogP contribution in [0.5, 0.6) is 0 Å². The summed E-state index contributed by atoms with van der Waals surface area (Å²) < 4.78 is 14.4. The molecule has 6 heteroatoms. The predicted molar refractivity (Wildman–Crippen MR) is 68.4 cm³/mol. The number of aromatic nitrogens is 1. The van der Waals surface area contributed by atoms with E-state index in [0.717, 1.165) is 10.0 Å². The number of nitrogens with one attached hydrogen (secondary N) is 1. The molecule has 0 saturated heterocycles. The van der Waals surface area contributed by atoms with E-state index >= 15 is 0 Å². The van der Waals surface area contributed by atoms with Gasteiger partial charge in [-0.3, -0.25) is 5.41 Å². The molecule has 0 fully saturated rings. The van der Waals surface area contributed by atoms with Crippen LogP contribution in [-0.2, 0) is 0 Å². The third-order valence-corrected chi connectivity index (χ3v) is 4.16. The van der Waals surface area contributed by atoms with Crippen molar-refractivity contribution in [2.45, 2.75) is 16.2 Å². The van der Waals surface area contributed by atoms with Crippen LogP contribution in [0.1, 0.15) is 11.3 Å². The van der Waals surface area contributed by atoms with Gasteiger partial charge in [-0.25, -0.2) is 9.37 Å². The van der Waals surface area contributed by atoms with Crippen molar-refractivity contribution in [2.75, 3.05) is 0 Å². The third kappa shape index (κ3) is 2.65. The Morgan fingerprint density at radius 1 is 1.53 bits per heavy atom. The van der Waals surface area contributed by atoms with Crippen LogP contribution in [0.4, 0.5) is 4.39 Å². The van der Waals surface area contributed by atoms with Gasteiger partial charge < -0.3 is 5.73 Å². The molecule has 3 nitrogen and oxygen atoms in total. The van der Waals surface area contributed by atoms with Crippen LogP contribution in [0.3, 0.4) is 0 Å². The van der Waals surface area contributed by atoms with E-state index in [4.69, 9.17) is 11.1 Å². The van der Waals surface area contributed by atoms with Crippen molar-refractivity contribution < 1.29 is 4.39 Å². The van der Waals surface area contributed by atoms with Crippen molar-refractivity contribution in [1.29, 1.82) is 5.41 Å². The number of benzene rings is 1. The molecule has 0 amide bonds. The van der Waals surface area contributed by atoms with E-state index in [1.165, 1.54) is 29.2 Å². The van der Waals surface area contributed by atoms with Gasteiger partial charge >= 0.3 is 0 Å². The summed E-state index contributed by atoms with van der Waals surface area (Å²) in [7, 11) is 0. The van der Waals surface area contributed by atoms with E-state index in [0.29, 0.717) is 4.90 Å². The van der Waals surface area contributed by atoms with E-state index in [2.05, 4.69) is 4.98 Å². The van der Waals surface area contributed by atoms with E-state index in [1.807, 2.05) is 12.3 Å². The summed E-state index contributed by atoms with van der Waals surface area (Å²) in [5, 5.41) is 9.32. The molecule has 88 valence electrons. The van der Waals surface area contributed by atoms with E-state index < -0.39 is 5.82 Å². The van der Waals surface area contributed by atoms with Gasteiger partial charge in [0, 0.05) is 16.0 Å². The molecule has 0 atom stereocenters. The van der Waals surface area contributed by atoms with E-state index in [9.17, 15) is 4.39 Å². The Morgan fingerprint density at radius 3 is 2.88 bits per heavy atom. The van der Waals surface area contributed by atoms with Gasteiger partial charge in [0.1, 0.15) is 11.7 Å². The first-order valence-electron chi connectivity index (χ1n) is 4.81. The monoisotopic (exact) mass is 267 g/mol. The highest BCUT2D eigenvalue weighted by Gasteiger charge is 2.13. The molecule has 1 aromatic carbocycles. The zero-order valence-corrected chi connectivity index (χ0v) is 10.7. The van der Waals surface area contributed by atoms with Crippen LogP contribution in [0.25, 0.3) is 0 Å². The third-order valence-electron chi connectivity index (χ3n) is 2.04. The maximum Gasteiger partial charge on any atom is 0.154 e. The summed E-state index contributed by atoms with van der Waals surface area (Å²) in [5.74, 6) is -0.741. The molecule has 2 aromatic rings. The number of nitrogens with zero attached hydrogens (tertiary/aromatic N) is 1. The molecule has 1 heterocycles. The highest BCUT2D eigenvalue weighted by atomic mass is 32.2. The maximum absolute atomic E-state index is 13.6. The summed E-state index contributed by atoms with van der Waals surface area (Å²) in [6.45, 7) is 1.90. The lowest BCUT2D eigenvalue weighted by Gasteiger charge is -2.06. The highest BCUT2D eigenvalue weighted by molar-refractivity contribution is 8.01. The van der Waals surface area contributed by atoms with Crippen LogP contribution in [0, 0.1) is 18.2 Å². The first-order valence-corrected chi connectivity index (χ1v) is 6.50. The Labute approximate surface area is 106 Å². The highest BCUT2D eigenvalue weighted by Crippen LogP contribution is 2.33. The molecule has 17 heavy (non-hydrogen) atoms. The molecule has 0 aliphatic rings. The van der Waals surface area contributed by atoms with Gasteiger partial charge in [-0.05, 0) is 19.1 Å². The van der Waals surface area contributed by atoms with E-state index in [-0.39, 0.29) is 11.4 Å². The van der Waals surface area contributed by atoms with Gasteiger partial charge in [-0.2, -0.15) is 0 Å². The summed E-state index contributed by atoms with van der Waals surface area (Å²) in [4.78, 5) is 4.90. The van der Waals surface area contributed by atoms with Gasteiger partial charge in [0.25, 0.3) is 0 Å². The van der Waals surface area contributed by atoms with Crippen molar-refractivity contribution in [1.82, 2.24) is 4.98 Å². The zero-order valence-electron chi connectivity index (χ0n) is 9.03. The lowest BCUT2D eigenvalue weighted by atomic mass is 10.2. The zero-order chi connectivity index (χ0) is 12.4. The van der Waals surface area contributed by atoms with Crippen LogP contribution >= 0.6 is 23.1 Å². The Bertz CT molecular complexity index is 566.